The Hall–Kier alpha value is -4.32. The monoisotopic (exact) mass is 520 g/mol. The molecule has 0 radical (unpaired) electrons. The molecule has 0 fully saturated rings. The Morgan fingerprint density at radius 3 is 2.36 bits per heavy atom. The van der Waals surface area contributed by atoms with Crippen LogP contribution in [-0.2, 0) is 4.79 Å². The third-order valence-electron chi connectivity index (χ3n) is 6.89. The van der Waals surface area contributed by atoms with E-state index >= 15 is 0 Å². The molecule has 2 amide bonds. The maximum atomic E-state index is 13.4. The first kappa shape index (κ1) is 27.7. The second-order valence-corrected chi connectivity index (χ2v) is 10.9. The van der Waals surface area contributed by atoms with Crippen molar-refractivity contribution in [3.05, 3.63) is 95.6 Å². The highest BCUT2D eigenvalue weighted by atomic mass is 16.2. The van der Waals surface area contributed by atoms with Crippen LogP contribution in [0, 0.1) is 5.41 Å². The molecule has 3 aromatic carbocycles. The van der Waals surface area contributed by atoms with Crippen molar-refractivity contribution < 1.29 is 9.59 Å². The third-order valence-corrected chi connectivity index (χ3v) is 6.89. The molecule has 2 N–H and O–H groups in total. The standard InChI is InChI=1S/C33H36N4O2/c1-7-21(2)23-15-17-24(18-16-23)30-20-28(27-13-8-9-14-29(27)35-30)31(38)37-36-22(3)25-11-10-12-26(19-25)34-32(39)33(4,5)6/h8-21H,7H2,1-6H3,(H,34,39)(H,37,38)/b36-22+. The van der Waals surface area contributed by atoms with E-state index in [0.29, 0.717) is 22.9 Å². The first-order chi connectivity index (χ1) is 18.6. The number of nitrogens with zero attached hydrogens (tertiary/aromatic N) is 2. The summed E-state index contributed by atoms with van der Waals surface area (Å²) in [6, 6.07) is 25.2. The number of benzene rings is 3. The zero-order chi connectivity index (χ0) is 28.2. The van der Waals surface area contributed by atoms with Gasteiger partial charge in [-0.05, 0) is 54.7 Å². The summed E-state index contributed by atoms with van der Waals surface area (Å²) < 4.78 is 0. The van der Waals surface area contributed by atoms with Crippen LogP contribution < -0.4 is 10.7 Å². The summed E-state index contributed by atoms with van der Waals surface area (Å²) in [5.41, 5.74) is 8.53. The van der Waals surface area contributed by atoms with Crippen molar-refractivity contribution in [3.8, 4) is 11.3 Å². The minimum atomic E-state index is -0.505. The summed E-state index contributed by atoms with van der Waals surface area (Å²) in [6.45, 7) is 11.8. The lowest BCUT2D eigenvalue weighted by molar-refractivity contribution is -0.123. The number of nitrogens with one attached hydrogen (secondary N) is 2. The molecule has 4 rings (SSSR count). The maximum absolute atomic E-state index is 13.4. The molecule has 1 aromatic heterocycles. The van der Waals surface area contributed by atoms with Gasteiger partial charge in [0.2, 0.25) is 5.91 Å². The van der Waals surface area contributed by atoms with E-state index in [1.54, 1.807) is 0 Å². The average Bonchev–Trinajstić information content (AvgIpc) is 2.94. The first-order valence-electron chi connectivity index (χ1n) is 13.3. The van der Waals surface area contributed by atoms with Crippen molar-refractivity contribution in [2.24, 2.45) is 10.5 Å². The minimum Gasteiger partial charge on any atom is -0.326 e. The van der Waals surface area contributed by atoms with E-state index in [2.05, 4.69) is 54.0 Å². The fourth-order valence-electron chi connectivity index (χ4n) is 4.13. The van der Waals surface area contributed by atoms with Crippen molar-refractivity contribution in [2.45, 2.75) is 53.9 Å². The number of hydrogen-bond acceptors (Lipinski definition) is 4. The van der Waals surface area contributed by atoms with Gasteiger partial charge in [0.05, 0.1) is 22.5 Å². The molecule has 1 unspecified atom stereocenters. The van der Waals surface area contributed by atoms with E-state index in [9.17, 15) is 9.59 Å². The number of carbonyl (C=O) groups is 2. The van der Waals surface area contributed by atoms with Crippen LogP contribution in [0.3, 0.4) is 0 Å². The fraction of sp³-hybridized carbons (Fsp3) is 0.273. The van der Waals surface area contributed by atoms with Gasteiger partial charge >= 0.3 is 0 Å². The molecule has 6 nitrogen and oxygen atoms in total. The number of anilines is 1. The minimum absolute atomic E-state index is 0.0718. The molecule has 0 aliphatic rings. The Labute approximate surface area is 230 Å². The van der Waals surface area contributed by atoms with E-state index in [1.807, 2.05) is 82.3 Å². The molecule has 6 heteroatoms. The number of rotatable bonds is 7. The summed E-state index contributed by atoms with van der Waals surface area (Å²) in [6.07, 6.45) is 1.08. The lowest BCUT2D eigenvalue weighted by atomic mass is 9.95. The Morgan fingerprint density at radius 1 is 0.949 bits per heavy atom. The van der Waals surface area contributed by atoms with E-state index in [1.165, 1.54) is 5.56 Å². The molecule has 0 spiro atoms. The quantitative estimate of drug-likeness (QED) is 0.195. The number of hydrazone groups is 1. The zero-order valence-corrected chi connectivity index (χ0v) is 23.5. The summed E-state index contributed by atoms with van der Waals surface area (Å²) in [7, 11) is 0. The van der Waals surface area contributed by atoms with Gasteiger partial charge in [-0.25, -0.2) is 10.4 Å². The van der Waals surface area contributed by atoms with Crippen LogP contribution in [0.5, 0.6) is 0 Å². The van der Waals surface area contributed by atoms with E-state index < -0.39 is 5.41 Å². The van der Waals surface area contributed by atoms with Gasteiger partial charge < -0.3 is 5.32 Å². The summed E-state index contributed by atoms with van der Waals surface area (Å²) in [5.74, 6) is 0.0987. The predicted octanol–water partition coefficient (Wildman–Crippen LogP) is 7.55. The summed E-state index contributed by atoms with van der Waals surface area (Å²) >= 11 is 0. The Bertz CT molecular complexity index is 1530. The summed E-state index contributed by atoms with van der Waals surface area (Å²) in [5, 5.41) is 8.07. The maximum Gasteiger partial charge on any atom is 0.272 e. The molecule has 0 aliphatic heterocycles. The van der Waals surface area contributed by atoms with Crippen LogP contribution >= 0.6 is 0 Å². The molecule has 39 heavy (non-hydrogen) atoms. The van der Waals surface area contributed by atoms with Crippen LogP contribution in [0.4, 0.5) is 5.69 Å². The van der Waals surface area contributed by atoms with Crippen LogP contribution in [0.25, 0.3) is 22.2 Å². The van der Waals surface area contributed by atoms with Gasteiger partial charge in [0, 0.05) is 22.1 Å². The lowest BCUT2D eigenvalue weighted by Crippen LogP contribution is -2.27. The van der Waals surface area contributed by atoms with Gasteiger partial charge in [-0.2, -0.15) is 5.10 Å². The molecular weight excluding hydrogens is 484 g/mol. The fourth-order valence-corrected chi connectivity index (χ4v) is 4.13. The van der Waals surface area contributed by atoms with Gasteiger partial charge in [-0.1, -0.05) is 89.2 Å². The van der Waals surface area contributed by atoms with Gasteiger partial charge in [0.25, 0.3) is 5.91 Å². The average molecular weight is 521 g/mol. The Balaban J connectivity index is 1.60. The van der Waals surface area contributed by atoms with E-state index in [4.69, 9.17) is 4.98 Å². The van der Waals surface area contributed by atoms with Crippen LogP contribution in [0.2, 0.25) is 0 Å². The number of carbonyl (C=O) groups excluding carboxylic acids is 2. The lowest BCUT2D eigenvalue weighted by Gasteiger charge is -2.18. The highest BCUT2D eigenvalue weighted by molar-refractivity contribution is 6.08. The van der Waals surface area contributed by atoms with E-state index in [0.717, 1.165) is 34.1 Å². The van der Waals surface area contributed by atoms with Gasteiger partial charge in [0.15, 0.2) is 0 Å². The molecule has 200 valence electrons. The molecule has 1 atom stereocenters. The van der Waals surface area contributed by atoms with Crippen LogP contribution in [0.15, 0.2) is 84.0 Å². The number of pyridine rings is 1. The summed E-state index contributed by atoms with van der Waals surface area (Å²) in [4.78, 5) is 30.6. The Morgan fingerprint density at radius 2 is 1.67 bits per heavy atom. The van der Waals surface area contributed by atoms with Crippen molar-refractivity contribution in [2.75, 3.05) is 5.32 Å². The zero-order valence-electron chi connectivity index (χ0n) is 23.5. The number of amides is 2. The molecule has 0 aliphatic carbocycles. The largest absolute Gasteiger partial charge is 0.326 e. The molecule has 0 saturated carbocycles. The van der Waals surface area contributed by atoms with Gasteiger partial charge in [-0.15, -0.1) is 0 Å². The van der Waals surface area contributed by atoms with Crippen molar-refractivity contribution in [1.29, 1.82) is 0 Å². The predicted molar refractivity (Wildman–Crippen MR) is 160 cm³/mol. The second-order valence-electron chi connectivity index (χ2n) is 10.9. The normalized spacial score (nSPS) is 12.7. The molecular formula is C33H36N4O2. The second kappa shape index (κ2) is 11.6. The van der Waals surface area contributed by atoms with Crippen LogP contribution in [-0.4, -0.2) is 22.5 Å². The van der Waals surface area contributed by atoms with Crippen molar-refractivity contribution in [3.63, 3.8) is 0 Å². The molecule has 0 bridgehead atoms. The Kier molecular flexibility index (Phi) is 8.24. The first-order valence-corrected chi connectivity index (χ1v) is 13.3. The number of hydrogen-bond donors (Lipinski definition) is 2. The highest BCUT2D eigenvalue weighted by Crippen LogP contribution is 2.27. The number of para-hydroxylation sites is 1. The van der Waals surface area contributed by atoms with Crippen molar-refractivity contribution >= 4 is 34.1 Å². The molecule has 4 aromatic rings. The highest BCUT2D eigenvalue weighted by Gasteiger charge is 2.21. The smallest absolute Gasteiger partial charge is 0.272 e. The van der Waals surface area contributed by atoms with Gasteiger partial charge in [0.1, 0.15) is 0 Å². The van der Waals surface area contributed by atoms with E-state index in [-0.39, 0.29) is 11.8 Å². The number of aromatic nitrogens is 1. The topological polar surface area (TPSA) is 83.5 Å². The third kappa shape index (κ3) is 6.58. The molecule has 1 heterocycles. The SMILES string of the molecule is CCC(C)c1ccc(-c2cc(C(=O)N/N=C(\C)c3cccc(NC(=O)C(C)(C)C)c3)c3ccccc3n2)cc1. The van der Waals surface area contributed by atoms with Crippen LogP contribution in [0.1, 0.15) is 75.4 Å². The van der Waals surface area contributed by atoms with Crippen molar-refractivity contribution in [1.82, 2.24) is 10.4 Å². The number of fused-ring (bicyclic) bond motifs is 1. The molecule has 0 saturated heterocycles. The van der Waals surface area contributed by atoms with Gasteiger partial charge in [-0.3, -0.25) is 9.59 Å².